The summed E-state index contributed by atoms with van der Waals surface area (Å²) in [5, 5.41) is 3.81. The van der Waals surface area contributed by atoms with Gasteiger partial charge in [-0.3, -0.25) is 9.59 Å². The van der Waals surface area contributed by atoms with Crippen LogP contribution in [0.5, 0.6) is 0 Å². The third-order valence-electron chi connectivity index (χ3n) is 5.28. The molecule has 30 heavy (non-hydrogen) atoms. The predicted octanol–water partition coefficient (Wildman–Crippen LogP) is 3.69. The molecule has 5 nitrogen and oxygen atoms in total. The molecule has 0 saturated heterocycles. The number of carbonyl (C=O) groups excluding carboxylic acids is 2. The Morgan fingerprint density at radius 1 is 0.833 bits per heavy atom. The van der Waals surface area contributed by atoms with Crippen molar-refractivity contribution in [3.8, 4) is 0 Å². The first-order valence-corrected chi connectivity index (χ1v) is 9.88. The van der Waals surface area contributed by atoms with E-state index in [1.165, 1.54) is 0 Å². The summed E-state index contributed by atoms with van der Waals surface area (Å²) in [4.78, 5) is 24.5. The molecule has 2 amide bonds. The van der Waals surface area contributed by atoms with Gasteiger partial charge in [-0.05, 0) is 17.2 Å². The molecule has 4 aromatic rings. The second kappa shape index (κ2) is 8.66. The zero-order valence-electron chi connectivity index (χ0n) is 16.5. The molecule has 5 heteroatoms. The molecule has 0 aliphatic carbocycles. The van der Waals surface area contributed by atoms with Crippen molar-refractivity contribution >= 4 is 22.7 Å². The summed E-state index contributed by atoms with van der Waals surface area (Å²) >= 11 is 0. The van der Waals surface area contributed by atoms with Crippen LogP contribution in [0.1, 0.15) is 27.4 Å². The average molecular weight is 397 g/mol. The summed E-state index contributed by atoms with van der Waals surface area (Å²) in [5.41, 5.74) is 9.02. The molecule has 3 N–H and O–H groups in total. The third kappa shape index (κ3) is 4.10. The van der Waals surface area contributed by atoms with Crippen LogP contribution in [0, 0.1) is 0 Å². The number of nitrogens with one attached hydrogen (secondary N) is 1. The van der Waals surface area contributed by atoms with Gasteiger partial charge in [-0.25, -0.2) is 0 Å². The second-order valence-electron chi connectivity index (χ2n) is 7.23. The van der Waals surface area contributed by atoms with E-state index in [4.69, 9.17) is 5.73 Å². The molecule has 0 aliphatic heterocycles. The summed E-state index contributed by atoms with van der Waals surface area (Å²) in [6.45, 7) is 0.596. The first kappa shape index (κ1) is 19.5. The van der Waals surface area contributed by atoms with Gasteiger partial charge in [0.2, 0.25) is 5.91 Å². The van der Waals surface area contributed by atoms with Crippen molar-refractivity contribution in [3.63, 3.8) is 0 Å². The van der Waals surface area contributed by atoms with Gasteiger partial charge in [0.25, 0.3) is 5.91 Å². The Hall–Kier alpha value is -3.86. The topological polar surface area (TPSA) is 77.1 Å². The number of rotatable bonds is 7. The molecule has 4 rings (SSSR count). The zero-order chi connectivity index (χ0) is 20.9. The lowest BCUT2D eigenvalue weighted by molar-refractivity contribution is -0.121. The van der Waals surface area contributed by atoms with Crippen LogP contribution in [0.3, 0.4) is 0 Å². The zero-order valence-corrected chi connectivity index (χ0v) is 16.5. The van der Waals surface area contributed by atoms with Crippen molar-refractivity contribution in [1.29, 1.82) is 0 Å². The number of para-hydroxylation sites is 1. The van der Waals surface area contributed by atoms with E-state index in [0.717, 1.165) is 22.0 Å². The molecule has 1 aromatic heterocycles. The summed E-state index contributed by atoms with van der Waals surface area (Å²) in [6.07, 6.45) is 1.65. The van der Waals surface area contributed by atoms with E-state index in [-0.39, 0.29) is 18.4 Å². The minimum atomic E-state index is -0.501. The summed E-state index contributed by atoms with van der Waals surface area (Å²) in [5.74, 6) is -0.568. The van der Waals surface area contributed by atoms with Gasteiger partial charge in [-0.1, -0.05) is 78.9 Å². The van der Waals surface area contributed by atoms with E-state index in [1.54, 1.807) is 10.8 Å². The molecule has 0 spiro atoms. The van der Waals surface area contributed by atoms with Crippen molar-refractivity contribution < 1.29 is 9.59 Å². The molecule has 0 saturated carbocycles. The Kier molecular flexibility index (Phi) is 5.61. The summed E-state index contributed by atoms with van der Waals surface area (Å²) < 4.78 is 1.77. The highest BCUT2D eigenvalue weighted by atomic mass is 16.2. The van der Waals surface area contributed by atoms with Crippen molar-refractivity contribution in [1.82, 2.24) is 9.88 Å². The van der Waals surface area contributed by atoms with E-state index < -0.39 is 5.91 Å². The minimum absolute atomic E-state index is 0.0546. The Bertz CT molecular complexity index is 1130. The van der Waals surface area contributed by atoms with Crippen LogP contribution >= 0.6 is 0 Å². The number of nitrogens with two attached hydrogens (primary N) is 1. The maximum absolute atomic E-state index is 12.8. The number of benzene rings is 3. The molecule has 0 atom stereocenters. The predicted molar refractivity (Wildman–Crippen MR) is 118 cm³/mol. The van der Waals surface area contributed by atoms with Crippen molar-refractivity contribution in [2.45, 2.75) is 12.5 Å². The monoisotopic (exact) mass is 397 g/mol. The smallest absolute Gasteiger partial charge is 0.250 e. The quantitative estimate of drug-likeness (QED) is 0.499. The maximum Gasteiger partial charge on any atom is 0.250 e. The molecule has 1 heterocycles. The fraction of sp³-hybridized carbons (Fsp3) is 0.120. The summed E-state index contributed by atoms with van der Waals surface area (Å²) in [7, 11) is 0. The number of primary amides is 1. The molecular formula is C25H23N3O2. The van der Waals surface area contributed by atoms with Crippen molar-refractivity contribution in [2.75, 3.05) is 6.54 Å². The Morgan fingerprint density at radius 2 is 1.40 bits per heavy atom. The molecule has 0 aliphatic rings. The highest BCUT2D eigenvalue weighted by Gasteiger charge is 2.17. The Balaban J connectivity index is 1.52. The molecule has 0 radical (unpaired) electrons. The highest BCUT2D eigenvalue weighted by Crippen LogP contribution is 2.24. The van der Waals surface area contributed by atoms with Crippen LogP contribution in [-0.2, 0) is 11.3 Å². The van der Waals surface area contributed by atoms with Crippen molar-refractivity contribution in [3.05, 3.63) is 108 Å². The number of carbonyl (C=O) groups is 2. The van der Waals surface area contributed by atoms with Crippen LogP contribution in [0.25, 0.3) is 10.9 Å². The average Bonchev–Trinajstić information content (AvgIpc) is 3.14. The van der Waals surface area contributed by atoms with Crippen LogP contribution in [0.15, 0.2) is 91.1 Å². The Labute approximate surface area is 175 Å². The second-order valence-corrected chi connectivity index (χ2v) is 7.23. The van der Waals surface area contributed by atoms with Gasteiger partial charge in [-0.2, -0.15) is 0 Å². The third-order valence-corrected chi connectivity index (χ3v) is 5.28. The van der Waals surface area contributed by atoms with Crippen LogP contribution in [0.4, 0.5) is 0 Å². The first-order valence-electron chi connectivity index (χ1n) is 9.88. The van der Waals surface area contributed by atoms with Crippen LogP contribution in [0.2, 0.25) is 0 Å². The lowest BCUT2D eigenvalue weighted by Gasteiger charge is -2.19. The Morgan fingerprint density at radius 3 is 2.00 bits per heavy atom. The number of aromatic nitrogens is 1. The number of amides is 2. The number of hydrogen-bond donors (Lipinski definition) is 2. The fourth-order valence-electron chi connectivity index (χ4n) is 3.80. The SMILES string of the molecule is NC(=O)c1cn(CC(=O)NCC(c2ccccc2)c2ccccc2)c2ccccc12. The highest BCUT2D eigenvalue weighted by molar-refractivity contribution is 6.06. The van der Waals surface area contributed by atoms with Gasteiger partial charge in [-0.15, -0.1) is 0 Å². The number of hydrogen-bond acceptors (Lipinski definition) is 2. The van der Waals surface area contributed by atoms with Crippen LogP contribution < -0.4 is 11.1 Å². The van der Waals surface area contributed by atoms with E-state index in [2.05, 4.69) is 29.6 Å². The van der Waals surface area contributed by atoms with E-state index in [0.29, 0.717) is 12.1 Å². The van der Waals surface area contributed by atoms with Gasteiger partial charge in [0, 0.05) is 29.6 Å². The largest absolute Gasteiger partial charge is 0.366 e. The normalized spacial score (nSPS) is 11.0. The fourth-order valence-corrected chi connectivity index (χ4v) is 3.80. The van der Waals surface area contributed by atoms with Gasteiger partial charge in [0.05, 0.1) is 5.56 Å². The van der Waals surface area contributed by atoms with E-state index in [1.807, 2.05) is 60.7 Å². The molecule has 0 bridgehead atoms. The van der Waals surface area contributed by atoms with Gasteiger partial charge < -0.3 is 15.6 Å². The minimum Gasteiger partial charge on any atom is -0.366 e. The number of fused-ring (bicyclic) bond motifs is 1. The molecule has 0 unspecified atom stereocenters. The number of nitrogens with zero attached hydrogens (tertiary/aromatic N) is 1. The van der Waals surface area contributed by atoms with Gasteiger partial charge in [0.15, 0.2) is 0 Å². The standard InChI is InChI=1S/C25H23N3O2/c26-25(30)22-16-28(23-14-8-7-13-20(22)23)17-24(29)27-15-21(18-9-3-1-4-10-18)19-11-5-2-6-12-19/h1-14,16,21H,15,17H2,(H2,26,30)(H,27,29). The first-order chi connectivity index (χ1) is 14.6. The molecule has 0 fully saturated rings. The van der Waals surface area contributed by atoms with Gasteiger partial charge in [0.1, 0.15) is 6.54 Å². The van der Waals surface area contributed by atoms with E-state index in [9.17, 15) is 9.59 Å². The van der Waals surface area contributed by atoms with Crippen LogP contribution in [-0.4, -0.2) is 22.9 Å². The summed E-state index contributed by atoms with van der Waals surface area (Å²) in [6, 6.07) is 27.7. The maximum atomic E-state index is 12.8. The lowest BCUT2D eigenvalue weighted by Crippen LogP contribution is -2.31. The van der Waals surface area contributed by atoms with Crippen molar-refractivity contribution in [2.24, 2.45) is 5.73 Å². The molecular weight excluding hydrogens is 374 g/mol. The van der Waals surface area contributed by atoms with E-state index >= 15 is 0 Å². The van der Waals surface area contributed by atoms with Gasteiger partial charge >= 0.3 is 0 Å². The molecule has 3 aromatic carbocycles. The molecule has 150 valence electrons. The lowest BCUT2D eigenvalue weighted by atomic mass is 9.91.